The average Bonchev–Trinajstić information content (AvgIpc) is 2.73. The molecule has 1 atom stereocenters. The van der Waals surface area contributed by atoms with E-state index in [0.29, 0.717) is 0 Å². The molecule has 1 aromatic heterocycles. The molecule has 4 rings (SSSR count). The fourth-order valence-electron chi connectivity index (χ4n) is 4.23. The Hall–Kier alpha value is -1.20. The van der Waals surface area contributed by atoms with Gasteiger partial charge in [0.05, 0.1) is 5.69 Å². The standard InChI is InChI=1S/C17H27N5/c1-13-4-2-3-9-22(13)14-10-21(11-14)17-15-5-7-18-8-6-16(15)19-12-20-17/h12-14,18H,2-11H2,1H3/t13-/m0/s1. The van der Waals surface area contributed by atoms with Gasteiger partial charge in [-0.05, 0) is 39.3 Å². The van der Waals surface area contributed by atoms with Crippen molar-refractivity contribution in [2.45, 2.75) is 51.1 Å². The van der Waals surface area contributed by atoms with Crippen molar-refractivity contribution in [2.75, 3.05) is 37.6 Å². The molecule has 120 valence electrons. The first-order valence-corrected chi connectivity index (χ1v) is 8.87. The second kappa shape index (κ2) is 6.13. The lowest BCUT2D eigenvalue weighted by molar-refractivity contribution is 0.0872. The predicted octanol–water partition coefficient (Wildman–Crippen LogP) is 1.23. The van der Waals surface area contributed by atoms with E-state index in [1.807, 2.05) is 0 Å². The minimum absolute atomic E-state index is 0.727. The fourth-order valence-corrected chi connectivity index (χ4v) is 4.23. The first-order chi connectivity index (χ1) is 10.8. The van der Waals surface area contributed by atoms with Crippen molar-refractivity contribution < 1.29 is 0 Å². The maximum absolute atomic E-state index is 4.62. The maximum atomic E-state index is 4.62. The third kappa shape index (κ3) is 2.61. The highest BCUT2D eigenvalue weighted by molar-refractivity contribution is 5.52. The molecular weight excluding hydrogens is 274 g/mol. The molecule has 0 saturated carbocycles. The summed E-state index contributed by atoms with van der Waals surface area (Å²) in [4.78, 5) is 14.3. The van der Waals surface area contributed by atoms with Crippen LogP contribution in [-0.2, 0) is 12.8 Å². The van der Waals surface area contributed by atoms with Gasteiger partial charge in [-0.1, -0.05) is 6.42 Å². The highest BCUT2D eigenvalue weighted by Gasteiger charge is 2.36. The smallest absolute Gasteiger partial charge is 0.135 e. The van der Waals surface area contributed by atoms with Crippen LogP contribution in [0.25, 0.3) is 0 Å². The lowest BCUT2D eigenvalue weighted by atomic mass is 9.97. The lowest BCUT2D eigenvalue weighted by Gasteiger charge is -2.50. The second-order valence-corrected chi connectivity index (χ2v) is 7.01. The molecule has 0 aliphatic carbocycles. The van der Waals surface area contributed by atoms with Gasteiger partial charge in [-0.15, -0.1) is 0 Å². The van der Waals surface area contributed by atoms with Gasteiger partial charge in [-0.3, -0.25) is 4.90 Å². The molecule has 22 heavy (non-hydrogen) atoms. The number of hydrogen-bond acceptors (Lipinski definition) is 5. The molecule has 5 nitrogen and oxygen atoms in total. The van der Waals surface area contributed by atoms with Crippen molar-refractivity contribution in [3.8, 4) is 0 Å². The number of nitrogens with zero attached hydrogens (tertiary/aromatic N) is 4. The molecule has 0 bridgehead atoms. The third-order valence-electron chi connectivity index (χ3n) is 5.59. The number of aromatic nitrogens is 2. The van der Waals surface area contributed by atoms with Gasteiger partial charge in [0.2, 0.25) is 0 Å². The Morgan fingerprint density at radius 1 is 1.14 bits per heavy atom. The molecular formula is C17H27N5. The van der Waals surface area contributed by atoms with Gasteiger partial charge in [0.25, 0.3) is 0 Å². The Balaban J connectivity index is 1.46. The van der Waals surface area contributed by atoms with Crippen molar-refractivity contribution in [3.05, 3.63) is 17.6 Å². The number of likely N-dealkylation sites (tertiary alicyclic amines) is 1. The molecule has 1 N–H and O–H groups in total. The molecule has 3 aliphatic rings. The van der Waals surface area contributed by atoms with Crippen LogP contribution in [0.15, 0.2) is 6.33 Å². The molecule has 3 aliphatic heterocycles. The summed E-state index contributed by atoms with van der Waals surface area (Å²) in [5.74, 6) is 1.20. The quantitative estimate of drug-likeness (QED) is 0.890. The van der Waals surface area contributed by atoms with Crippen LogP contribution < -0.4 is 10.2 Å². The zero-order valence-corrected chi connectivity index (χ0v) is 13.6. The summed E-state index contributed by atoms with van der Waals surface area (Å²) in [5.41, 5.74) is 2.64. The molecule has 4 heterocycles. The van der Waals surface area contributed by atoms with E-state index < -0.39 is 0 Å². The van der Waals surface area contributed by atoms with E-state index in [2.05, 4.69) is 32.0 Å². The minimum Gasteiger partial charge on any atom is -0.353 e. The van der Waals surface area contributed by atoms with Crippen LogP contribution in [-0.4, -0.2) is 59.7 Å². The van der Waals surface area contributed by atoms with Crippen LogP contribution in [0.5, 0.6) is 0 Å². The van der Waals surface area contributed by atoms with Gasteiger partial charge in [0.15, 0.2) is 0 Å². The Morgan fingerprint density at radius 2 is 2.00 bits per heavy atom. The van der Waals surface area contributed by atoms with Gasteiger partial charge in [0, 0.05) is 43.7 Å². The summed E-state index contributed by atoms with van der Waals surface area (Å²) in [6.07, 6.45) is 8.00. The van der Waals surface area contributed by atoms with Crippen molar-refractivity contribution in [3.63, 3.8) is 0 Å². The number of piperidine rings is 1. The summed E-state index contributed by atoms with van der Waals surface area (Å²) in [7, 11) is 0. The molecule has 1 aromatic rings. The van der Waals surface area contributed by atoms with Crippen molar-refractivity contribution in [1.29, 1.82) is 0 Å². The Kier molecular flexibility index (Phi) is 4.01. The van der Waals surface area contributed by atoms with E-state index in [1.165, 1.54) is 42.9 Å². The molecule has 2 fully saturated rings. The highest BCUT2D eigenvalue weighted by atomic mass is 15.3. The number of fused-ring (bicyclic) bond motifs is 1. The zero-order valence-electron chi connectivity index (χ0n) is 13.6. The number of hydrogen-bond donors (Lipinski definition) is 1. The number of anilines is 1. The van der Waals surface area contributed by atoms with E-state index in [9.17, 15) is 0 Å². The fraction of sp³-hybridized carbons (Fsp3) is 0.765. The number of rotatable bonds is 2. The molecule has 0 radical (unpaired) electrons. The van der Waals surface area contributed by atoms with E-state index in [4.69, 9.17) is 0 Å². The van der Waals surface area contributed by atoms with Gasteiger partial charge in [0.1, 0.15) is 12.1 Å². The molecule has 2 saturated heterocycles. The molecule has 0 unspecified atom stereocenters. The summed E-state index contributed by atoms with van der Waals surface area (Å²) in [6, 6.07) is 1.48. The van der Waals surface area contributed by atoms with Crippen LogP contribution >= 0.6 is 0 Å². The van der Waals surface area contributed by atoms with E-state index in [-0.39, 0.29) is 0 Å². The maximum Gasteiger partial charge on any atom is 0.135 e. The topological polar surface area (TPSA) is 44.3 Å². The van der Waals surface area contributed by atoms with Gasteiger partial charge >= 0.3 is 0 Å². The van der Waals surface area contributed by atoms with Gasteiger partial charge in [-0.2, -0.15) is 0 Å². The van der Waals surface area contributed by atoms with Crippen molar-refractivity contribution in [1.82, 2.24) is 20.2 Å². The van der Waals surface area contributed by atoms with Crippen LogP contribution in [0.2, 0.25) is 0 Å². The third-order valence-corrected chi connectivity index (χ3v) is 5.59. The van der Waals surface area contributed by atoms with Crippen LogP contribution in [0.3, 0.4) is 0 Å². The first-order valence-electron chi connectivity index (χ1n) is 8.87. The van der Waals surface area contributed by atoms with E-state index in [1.54, 1.807) is 6.33 Å². The van der Waals surface area contributed by atoms with Gasteiger partial charge in [-0.25, -0.2) is 9.97 Å². The second-order valence-electron chi connectivity index (χ2n) is 7.01. The first kappa shape index (κ1) is 14.4. The van der Waals surface area contributed by atoms with E-state index >= 15 is 0 Å². The SMILES string of the molecule is C[C@H]1CCCCN1C1CN(c2ncnc3c2CCNCC3)C1. The molecule has 0 aromatic carbocycles. The Bertz CT molecular complexity index is 526. The minimum atomic E-state index is 0.727. The number of nitrogens with one attached hydrogen (secondary N) is 1. The monoisotopic (exact) mass is 301 g/mol. The van der Waals surface area contributed by atoms with Crippen LogP contribution in [0, 0.1) is 0 Å². The summed E-state index contributed by atoms with van der Waals surface area (Å²) in [6.45, 7) is 8.04. The summed E-state index contributed by atoms with van der Waals surface area (Å²) in [5, 5.41) is 3.47. The molecule has 5 heteroatoms. The van der Waals surface area contributed by atoms with Crippen LogP contribution in [0.4, 0.5) is 5.82 Å². The highest BCUT2D eigenvalue weighted by Crippen LogP contribution is 2.30. The average molecular weight is 301 g/mol. The van der Waals surface area contributed by atoms with Crippen LogP contribution in [0.1, 0.15) is 37.4 Å². The molecule has 0 amide bonds. The Labute approximate surface area is 133 Å². The molecule has 0 spiro atoms. The summed E-state index contributed by atoms with van der Waals surface area (Å²) >= 11 is 0. The Morgan fingerprint density at radius 3 is 2.86 bits per heavy atom. The normalized spacial score (nSPS) is 27.1. The van der Waals surface area contributed by atoms with Crippen molar-refractivity contribution in [2.24, 2.45) is 0 Å². The zero-order chi connectivity index (χ0) is 14.9. The van der Waals surface area contributed by atoms with Gasteiger partial charge < -0.3 is 10.2 Å². The van der Waals surface area contributed by atoms with Crippen molar-refractivity contribution >= 4 is 5.82 Å². The lowest BCUT2D eigenvalue weighted by Crippen LogP contribution is -2.62. The predicted molar refractivity (Wildman–Crippen MR) is 88.3 cm³/mol. The summed E-state index contributed by atoms with van der Waals surface area (Å²) < 4.78 is 0. The largest absolute Gasteiger partial charge is 0.353 e. The van der Waals surface area contributed by atoms with E-state index in [0.717, 1.165) is 51.1 Å².